The summed E-state index contributed by atoms with van der Waals surface area (Å²) in [6.07, 6.45) is 8.53. The van der Waals surface area contributed by atoms with Crippen LogP contribution in [-0.4, -0.2) is 13.1 Å². The van der Waals surface area contributed by atoms with Gasteiger partial charge in [-0.3, -0.25) is 0 Å². The van der Waals surface area contributed by atoms with E-state index in [4.69, 9.17) is 10.00 Å². The molecular formula is C15H17NO2. The van der Waals surface area contributed by atoms with E-state index < -0.39 is 0 Å². The Kier molecular flexibility index (Phi) is 5.13. The van der Waals surface area contributed by atoms with Crippen LogP contribution in [-0.2, 0) is 9.53 Å². The molecule has 0 aromatic rings. The van der Waals surface area contributed by atoms with Gasteiger partial charge in [0.05, 0.1) is 25.2 Å². The van der Waals surface area contributed by atoms with Crippen LogP contribution in [0.25, 0.3) is 0 Å². The maximum atomic E-state index is 11.6. The molecule has 1 aliphatic carbocycles. The Bertz CT molecular complexity index is 499. The van der Waals surface area contributed by atoms with Crippen molar-refractivity contribution in [3.63, 3.8) is 0 Å². The highest BCUT2D eigenvalue weighted by atomic mass is 16.5. The third kappa shape index (κ3) is 3.46. The second-order valence-corrected chi connectivity index (χ2v) is 4.04. The standard InChI is InChI=1S/C15H17NO2/c1-4-13-10-12(7-8-16)5-6-14(9-11(13)2)15(17)18-3/h5-6,9-10H,4,7H2,1-3H3. The Morgan fingerprint density at radius 1 is 1.39 bits per heavy atom. The van der Waals surface area contributed by atoms with Crippen molar-refractivity contribution >= 4 is 5.97 Å². The lowest BCUT2D eigenvalue weighted by Crippen LogP contribution is -2.04. The predicted octanol–water partition coefficient (Wildman–Crippen LogP) is 3.22. The van der Waals surface area contributed by atoms with Crippen LogP contribution in [0.2, 0.25) is 0 Å². The molecule has 0 bridgehead atoms. The predicted molar refractivity (Wildman–Crippen MR) is 70.5 cm³/mol. The molecule has 0 radical (unpaired) electrons. The zero-order valence-electron chi connectivity index (χ0n) is 11.0. The second-order valence-electron chi connectivity index (χ2n) is 4.04. The summed E-state index contributed by atoms with van der Waals surface area (Å²) >= 11 is 0. The molecule has 0 aromatic carbocycles. The van der Waals surface area contributed by atoms with E-state index in [-0.39, 0.29) is 5.97 Å². The van der Waals surface area contributed by atoms with Crippen LogP contribution in [0, 0.1) is 11.3 Å². The van der Waals surface area contributed by atoms with Gasteiger partial charge in [-0.15, -0.1) is 0 Å². The van der Waals surface area contributed by atoms with Gasteiger partial charge in [0.2, 0.25) is 0 Å². The van der Waals surface area contributed by atoms with Gasteiger partial charge in [-0.25, -0.2) is 4.79 Å². The highest BCUT2D eigenvalue weighted by Gasteiger charge is 2.09. The molecule has 18 heavy (non-hydrogen) atoms. The number of nitriles is 1. The van der Waals surface area contributed by atoms with Crippen LogP contribution in [0.5, 0.6) is 0 Å². The van der Waals surface area contributed by atoms with Gasteiger partial charge < -0.3 is 4.74 Å². The molecule has 3 nitrogen and oxygen atoms in total. The maximum Gasteiger partial charge on any atom is 0.337 e. The summed E-state index contributed by atoms with van der Waals surface area (Å²) in [5, 5.41) is 8.78. The van der Waals surface area contributed by atoms with Crippen molar-refractivity contribution in [1.82, 2.24) is 0 Å². The zero-order chi connectivity index (χ0) is 13.5. The number of carbonyl (C=O) groups excluding carboxylic acids is 1. The molecule has 0 spiro atoms. The highest BCUT2D eigenvalue weighted by molar-refractivity contribution is 5.92. The second kappa shape index (κ2) is 6.61. The summed E-state index contributed by atoms with van der Waals surface area (Å²) in [6.45, 7) is 4.01. The molecule has 0 heterocycles. The largest absolute Gasteiger partial charge is 0.465 e. The molecule has 0 aromatic heterocycles. The number of hydrogen-bond acceptors (Lipinski definition) is 3. The van der Waals surface area contributed by atoms with Crippen molar-refractivity contribution in [1.29, 1.82) is 5.26 Å². The molecule has 0 aliphatic heterocycles. The minimum Gasteiger partial charge on any atom is -0.465 e. The minimum atomic E-state index is -0.362. The maximum absolute atomic E-state index is 11.6. The Labute approximate surface area is 108 Å². The van der Waals surface area contributed by atoms with Crippen molar-refractivity contribution in [2.75, 3.05) is 7.11 Å². The van der Waals surface area contributed by atoms with E-state index >= 15 is 0 Å². The van der Waals surface area contributed by atoms with Gasteiger partial charge in [0, 0.05) is 0 Å². The zero-order valence-corrected chi connectivity index (χ0v) is 11.0. The number of hydrogen-bond donors (Lipinski definition) is 0. The quantitative estimate of drug-likeness (QED) is 0.715. The van der Waals surface area contributed by atoms with E-state index in [1.54, 1.807) is 12.2 Å². The lowest BCUT2D eigenvalue weighted by atomic mass is 9.97. The number of methoxy groups -OCH3 is 1. The van der Waals surface area contributed by atoms with Gasteiger partial charge in [-0.2, -0.15) is 5.26 Å². The molecule has 0 amide bonds. The third-order valence-electron chi connectivity index (χ3n) is 2.80. The number of allylic oxidation sites excluding steroid dienone is 6. The first-order valence-electron chi connectivity index (χ1n) is 5.87. The van der Waals surface area contributed by atoms with Gasteiger partial charge >= 0.3 is 5.97 Å². The van der Waals surface area contributed by atoms with Crippen molar-refractivity contribution in [2.24, 2.45) is 0 Å². The molecule has 3 heteroatoms. The first kappa shape index (κ1) is 14.0. The number of rotatable bonds is 3. The molecule has 1 aliphatic rings. The van der Waals surface area contributed by atoms with Crippen molar-refractivity contribution < 1.29 is 9.53 Å². The SMILES string of the molecule is CCC1=C(C)C=C(C(=O)OC)C=CC(CC#N)=C1. The van der Waals surface area contributed by atoms with Gasteiger partial charge in [-0.1, -0.05) is 19.1 Å². The average molecular weight is 243 g/mol. The third-order valence-corrected chi connectivity index (χ3v) is 2.80. The van der Waals surface area contributed by atoms with E-state index in [0.717, 1.165) is 23.1 Å². The number of ether oxygens (including phenoxy) is 1. The molecule has 94 valence electrons. The molecule has 0 N–H and O–H groups in total. The van der Waals surface area contributed by atoms with E-state index in [1.807, 2.05) is 19.1 Å². The van der Waals surface area contributed by atoms with Gasteiger partial charge in [0.15, 0.2) is 0 Å². The molecule has 0 unspecified atom stereocenters. The van der Waals surface area contributed by atoms with Crippen LogP contribution in [0.4, 0.5) is 0 Å². The first-order valence-corrected chi connectivity index (χ1v) is 5.87. The van der Waals surface area contributed by atoms with Crippen LogP contribution in [0.3, 0.4) is 0 Å². The molecular weight excluding hydrogens is 226 g/mol. The summed E-state index contributed by atoms with van der Waals surface area (Å²) in [4.78, 5) is 11.6. The van der Waals surface area contributed by atoms with Crippen molar-refractivity contribution in [2.45, 2.75) is 26.7 Å². The summed E-state index contributed by atoms with van der Waals surface area (Å²) < 4.78 is 4.73. The molecule has 0 atom stereocenters. The van der Waals surface area contributed by atoms with E-state index in [0.29, 0.717) is 12.0 Å². The molecule has 1 rings (SSSR count). The minimum absolute atomic E-state index is 0.335. The van der Waals surface area contributed by atoms with Gasteiger partial charge in [0.1, 0.15) is 0 Å². The first-order chi connectivity index (χ1) is 8.62. The van der Waals surface area contributed by atoms with Gasteiger partial charge in [-0.05, 0) is 42.2 Å². The van der Waals surface area contributed by atoms with E-state index in [9.17, 15) is 4.79 Å². The lowest BCUT2D eigenvalue weighted by molar-refractivity contribution is -0.135. The highest BCUT2D eigenvalue weighted by Crippen LogP contribution is 2.21. The Balaban J connectivity index is 3.24. The van der Waals surface area contributed by atoms with Crippen LogP contribution >= 0.6 is 0 Å². The Morgan fingerprint density at radius 2 is 2.11 bits per heavy atom. The summed E-state index contributed by atoms with van der Waals surface area (Å²) in [5.74, 6) is -0.362. The van der Waals surface area contributed by atoms with Crippen molar-refractivity contribution in [3.8, 4) is 6.07 Å². The number of esters is 1. The number of carbonyl (C=O) groups is 1. The fourth-order valence-electron chi connectivity index (χ4n) is 1.78. The molecule has 0 saturated carbocycles. The molecule has 0 fully saturated rings. The van der Waals surface area contributed by atoms with Gasteiger partial charge in [0.25, 0.3) is 0 Å². The monoisotopic (exact) mass is 243 g/mol. The normalized spacial score (nSPS) is 15.2. The lowest BCUT2D eigenvalue weighted by Gasteiger charge is -2.09. The van der Waals surface area contributed by atoms with Crippen LogP contribution in [0.1, 0.15) is 26.7 Å². The Morgan fingerprint density at radius 3 is 2.67 bits per heavy atom. The fourth-order valence-corrected chi connectivity index (χ4v) is 1.78. The van der Waals surface area contributed by atoms with Crippen molar-refractivity contribution in [3.05, 3.63) is 46.6 Å². The summed E-state index contributed by atoms with van der Waals surface area (Å²) in [6, 6.07) is 2.13. The smallest absolute Gasteiger partial charge is 0.337 e. The van der Waals surface area contributed by atoms with E-state index in [2.05, 4.69) is 13.0 Å². The van der Waals surface area contributed by atoms with Crippen LogP contribution < -0.4 is 0 Å². The van der Waals surface area contributed by atoms with E-state index in [1.165, 1.54) is 7.11 Å². The average Bonchev–Trinajstić information content (AvgIpc) is 2.36. The number of nitrogens with zero attached hydrogens (tertiary/aromatic N) is 1. The van der Waals surface area contributed by atoms with Crippen LogP contribution in [0.15, 0.2) is 46.6 Å². The fraction of sp³-hybridized carbons (Fsp3) is 0.333. The summed E-state index contributed by atoms with van der Waals surface area (Å²) in [5.41, 5.74) is 3.57. The Hall–Kier alpha value is -2.08. The summed E-state index contributed by atoms with van der Waals surface area (Å²) in [7, 11) is 1.36. The topological polar surface area (TPSA) is 50.1 Å². The molecule has 0 saturated heterocycles.